The average molecular weight is 470 g/mol. The van der Waals surface area contributed by atoms with Crippen molar-refractivity contribution in [3.63, 3.8) is 0 Å². The standard InChI is InChI=1S/C21H19N5O2S3/c1-12-4-5-13-16(9-12)30-20(22-13)24-18(27)11-26-7-6-14-17(10-26)31-21(23-14)25-19(28)15-3-2-8-29-15/h2-5,8-9H,6-7,10-11H2,1H3,(H,22,24,27)(H,23,25,28). The molecule has 0 radical (unpaired) electrons. The fourth-order valence-electron chi connectivity index (χ4n) is 3.45. The van der Waals surface area contributed by atoms with E-state index >= 15 is 0 Å². The molecule has 0 saturated carbocycles. The van der Waals surface area contributed by atoms with Gasteiger partial charge in [0.05, 0.1) is 27.3 Å². The molecule has 0 atom stereocenters. The summed E-state index contributed by atoms with van der Waals surface area (Å²) in [4.78, 5) is 37.7. The van der Waals surface area contributed by atoms with Crippen molar-refractivity contribution in [2.24, 2.45) is 0 Å². The SMILES string of the molecule is Cc1ccc2nc(NC(=O)CN3CCc4nc(NC(=O)c5cccs5)sc4C3)sc2c1. The van der Waals surface area contributed by atoms with Gasteiger partial charge in [0.15, 0.2) is 10.3 Å². The third-order valence-corrected chi connectivity index (χ3v) is 7.73. The van der Waals surface area contributed by atoms with E-state index in [1.54, 1.807) is 6.07 Å². The van der Waals surface area contributed by atoms with Crippen molar-refractivity contribution in [1.29, 1.82) is 0 Å². The van der Waals surface area contributed by atoms with Gasteiger partial charge in [-0.2, -0.15) is 0 Å². The fraction of sp³-hybridized carbons (Fsp3) is 0.238. The van der Waals surface area contributed by atoms with E-state index in [0.717, 1.165) is 33.8 Å². The fourth-order valence-corrected chi connectivity index (χ4v) is 6.10. The normalized spacial score (nSPS) is 13.8. The molecule has 5 rings (SSSR count). The molecule has 0 bridgehead atoms. The topological polar surface area (TPSA) is 87.2 Å². The lowest BCUT2D eigenvalue weighted by atomic mass is 10.2. The van der Waals surface area contributed by atoms with Gasteiger partial charge >= 0.3 is 0 Å². The minimum absolute atomic E-state index is 0.0741. The van der Waals surface area contributed by atoms with E-state index in [9.17, 15) is 9.59 Å². The highest BCUT2D eigenvalue weighted by molar-refractivity contribution is 7.22. The number of amides is 2. The number of carbonyl (C=O) groups is 2. The minimum atomic E-state index is -0.136. The Morgan fingerprint density at radius 2 is 2.00 bits per heavy atom. The molecule has 1 aliphatic rings. The number of hydrogen-bond donors (Lipinski definition) is 2. The number of carbonyl (C=O) groups excluding carboxylic acids is 2. The van der Waals surface area contributed by atoms with E-state index in [1.807, 2.05) is 30.5 Å². The Labute approximate surface area is 190 Å². The van der Waals surface area contributed by atoms with Gasteiger partial charge in [0.2, 0.25) is 5.91 Å². The molecule has 0 spiro atoms. The lowest BCUT2D eigenvalue weighted by molar-refractivity contribution is -0.117. The number of hydrogen-bond acceptors (Lipinski definition) is 8. The second-order valence-corrected chi connectivity index (χ2v) is 10.4. The molecule has 3 aromatic heterocycles. The zero-order chi connectivity index (χ0) is 21.4. The number of rotatable bonds is 5. The molecule has 0 aliphatic carbocycles. The van der Waals surface area contributed by atoms with Gasteiger partial charge < -0.3 is 5.32 Å². The second-order valence-electron chi connectivity index (χ2n) is 7.32. The molecular formula is C21H19N5O2S3. The number of benzene rings is 1. The first kappa shape index (κ1) is 20.3. The summed E-state index contributed by atoms with van der Waals surface area (Å²) < 4.78 is 1.07. The summed E-state index contributed by atoms with van der Waals surface area (Å²) >= 11 is 4.37. The van der Waals surface area contributed by atoms with Gasteiger partial charge in [0.25, 0.3) is 5.91 Å². The van der Waals surface area contributed by atoms with Gasteiger partial charge in [-0.05, 0) is 36.1 Å². The highest BCUT2D eigenvalue weighted by atomic mass is 32.1. The third kappa shape index (κ3) is 4.52. The van der Waals surface area contributed by atoms with Crippen LogP contribution < -0.4 is 10.6 Å². The lowest BCUT2D eigenvalue weighted by Crippen LogP contribution is -2.36. The summed E-state index contributed by atoms with van der Waals surface area (Å²) in [7, 11) is 0. The van der Waals surface area contributed by atoms with Crippen molar-refractivity contribution in [2.45, 2.75) is 19.9 Å². The molecule has 2 N–H and O–H groups in total. The maximum absolute atomic E-state index is 12.6. The number of thiophene rings is 1. The van der Waals surface area contributed by atoms with E-state index in [1.165, 1.54) is 39.6 Å². The molecule has 1 aromatic carbocycles. The summed E-state index contributed by atoms with van der Waals surface area (Å²) in [6, 6.07) is 9.71. The molecule has 158 valence electrons. The van der Waals surface area contributed by atoms with E-state index in [4.69, 9.17) is 0 Å². The smallest absolute Gasteiger partial charge is 0.267 e. The van der Waals surface area contributed by atoms with Gasteiger partial charge in [-0.3, -0.25) is 19.8 Å². The van der Waals surface area contributed by atoms with Crippen molar-refractivity contribution in [2.75, 3.05) is 23.7 Å². The Kier molecular flexibility index (Phi) is 5.53. The number of aryl methyl sites for hydroxylation is 1. The summed E-state index contributed by atoms with van der Waals surface area (Å²) in [5.41, 5.74) is 3.08. The number of anilines is 2. The Morgan fingerprint density at radius 3 is 2.84 bits per heavy atom. The van der Waals surface area contributed by atoms with Gasteiger partial charge in [-0.1, -0.05) is 23.5 Å². The minimum Gasteiger partial charge on any atom is -0.301 e. The number of nitrogens with zero attached hydrogens (tertiary/aromatic N) is 3. The van der Waals surface area contributed by atoms with Crippen LogP contribution in [0.1, 0.15) is 25.8 Å². The Bertz CT molecular complexity index is 1260. The molecule has 4 aromatic rings. The zero-order valence-electron chi connectivity index (χ0n) is 16.7. The number of aromatic nitrogens is 2. The van der Waals surface area contributed by atoms with E-state index in [2.05, 4.69) is 31.6 Å². The molecule has 1 aliphatic heterocycles. The quantitative estimate of drug-likeness (QED) is 0.453. The van der Waals surface area contributed by atoms with Crippen LogP contribution in [0.15, 0.2) is 35.7 Å². The summed E-state index contributed by atoms with van der Waals surface area (Å²) in [5.74, 6) is -0.210. The first-order chi connectivity index (χ1) is 15.0. The predicted molar refractivity (Wildman–Crippen MR) is 126 cm³/mol. The second kappa shape index (κ2) is 8.46. The molecule has 10 heteroatoms. The van der Waals surface area contributed by atoms with Crippen LogP contribution in [0.2, 0.25) is 0 Å². The van der Waals surface area contributed by atoms with Gasteiger partial charge in [0.1, 0.15) is 0 Å². The molecule has 0 fully saturated rings. The van der Waals surface area contributed by atoms with Crippen LogP contribution in [0, 0.1) is 6.92 Å². The van der Waals surface area contributed by atoms with Crippen LogP contribution in [0.3, 0.4) is 0 Å². The molecule has 7 nitrogen and oxygen atoms in total. The van der Waals surface area contributed by atoms with Crippen molar-refractivity contribution < 1.29 is 9.59 Å². The summed E-state index contributed by atoms with van der Waals surface area (Å²) in [5, 5.41) is 8.92. The van der Waals surface area contributed by atoms with E-state index < -0.39 is 0 Å². The Balaban J connectivity index is 1.19. The Morgan fingerprint density at radius 1 is 1.13 bits per heavy atom. The monoisotopic (exact) mass is 469 g/mol. The van der Waals surface area contributed by atoms with Crippen molar-refractivity contribution in [3.8, 4) is 0 Å². The van der Waals surface area contributed by atoms with E-state index in [0.29, 0.717) is 28.2 Å². The molecule has 2 amide bonds. The van der Waals surface area contributed by atoms with Crippen LogP contribution >= 0.6 is 34.0 Å². The highest BCUT2D eigenvalue weighted by Gasteiger charge is 2.23. The van der Waals surface area contributed by atoms with Crippen molar-refractivity contribution in [3.05, 3.63) is 56.7 Å². The van der Waals surface area contributed by atoms with Crippen molar-refractivity contribution in [1.82, 2.24) is 14.9 Å². The molecule has 4 heterocycles. The highest BCUT2D eigenvalue weighted by Crippen LogP contribution is 2.29. The Hall–Kier alpha value is -2.66. The third-order valence-electron chi connectivity index (χ3n) is 4.93. The number of thiazole rings is 2. The molecular weight excluding hydrogens is 450 g/mol. The van der Waals surface area contributed by atoms with Crippen LogP contribution in [0.4, 0.5) is 10.3 Å². The largest absolute Gasteiger partial charge is 0.301 e. The zero-order valence-corrected chi connectivity index (χ0v) is 19.1. The maximum Gasteiger partial charge on any atom is 0.267 e. The summed E-state index contributed by atoms with van der Waals surface area (Å²) in [6.07, 6.45) is 0.758. The van der Waals surface area contributed by atoms with Crippen LogP contribution in [-0.4, -0.2) is 39.8 Å². The van der Waals surface area contributed by atoms with E-state index in [-0.39, 0.29) is 11.8 Å². The number of nitrogens with one attached hydrogen (secondary N) is 2. The first-order valence-electron chi connectivity index (χ1n) is 9.76. The molecule has 0 saturated heterocycles. The molecule has 0 unspecified atom stereocenters. The van der Waals surface area contributed by atoms with Gasteiger partial charge in [-0.25, -0.2) is 9.97 Å². The van der Waals surface area contributed by atoms with Gasteiger partial charge in [-0.15, -0.1) is 22.7 Å². The first-order valence-corrected chi connectivity index (χ1v) is 12.3. The average Bonchev–Trinajstić information content (AvgIpc) is 3.46. The number of fused-ring (bicyclic) bond motifs is 2. The predicted octanol–water partition coefficient (Wildman–Crippen LogP) is 4.37. The maximum atomic E-state index is 12.6. The van der Waals surface area contributed by atoms with Crippen molar-refractivity contribution >= 4 is 66.3 Å². The summed E-state index contributed by atoms with van der Waals surface area (Å²) in [6.45, 7) is 3.74. The molecule has 31 heavy (non-hydrogen) atoms. The lowest BCUT2D eigenvalue weighted by Gasteiger charge is -2.24. The van der Waals surface area contributed by atoms with Gasteiger partial charge in [0, 0.05) is 24.4 Å². The van der Waals surface area contributed by atoms with Crippen LogP contribution in [0.25, 0.3) is 10.2 Å². The van der Waals surface area contributed by atoms with Crippen LogP contribution in [0.5, 0.6) is 0 Å². The van der Waals surface area contributed by atoms with Crippen LogP contribution in [-0.2, 0) is 17.8 Å².